The quantitative estimate of drug-likeness (QED) is 0.543. The number of aliphatic hydroxyl groups excluding tert-OH is 1. The predicted molar refractivity (Wildman–Crippen MR) is 95.9 cm³/mol. The smallest absolute Gasteiger partial charge is 0.465 e. The van der Waals surface area contributed by atoms with Crippen molar-refractivity contribution in [2.24, 2.45) is 0 Å². The molecule has 1 unspecified atom stereocenters. The molecule has 2 aromatic carbocycles. The normalized spacial score (nSPS) is 13.0. The zero-order valence-corrected chi connectivity index (χ0v) is 15.2. The third kappa shape index (κ3) is 6.62. The Balaban J connectivity index is 2.11. The molecule has 5 nitrogen and oxygen atoms in total. The number of esters is 1. The highest BCUT2D eigenvalue weighted by Gasteiger charge is 2.31. The highest BCUT2D eigenvalue weighted by Crippen LogP contribution is 2.28. The number of carbonyl (C=O) groups is 1. The van der Waals surface area contributed by atoms with Gasteiger partial charge in [0.05, 0.1) is 18.8 Å². The number of hydrogen-bond donors (Lipinski definition) is 1. The lowest BCUT2D eigenvalue weighted by atomic mass is 10.0. The lowest BCUT2D eigenvalue weighted by Crippen LogP contribution is -2.16. The van der Waals surface area contributed by atoms with Crippen molar-refractivity contribution in [1.29, 1.82) is 0 Å². The van der Waals surface area contributed by atoms with E-state index in [1.807, 2.05) is 0 Å². The lowest BCUT2D eigenvalue weighted by molar-refractivity contribution is -0.274. The van der Waals surface area contributed by atoms with Gasteiger partial charge in [-0.05, 0) is 55.3 Å². The van der Waals surface area contributed by atoms with Gasteiger partial charge in [0.2, 0.25) is 0 Å². The molecule has 0 bridgehead atoms. The van der Waals surface area contributed by atoms with Crippen molar-refractivity contribution < 1.29 is 37.3 Å². The molecule has 8 heteroatoms. The summed E-state index contributed by atoms with van der Waals surface area (Å²) in [4.78, 5) is 11.9. The van der Waals surface area contributed by atoms with Crippen LogP contribution < -0.4 is 9.47 Å². The van der Waals surface area contributed by atoms with Crippen LogP contribution in [-0.2, 0) is 9.53 Å². The Morgan fingerprint density at radius 1 is 1.04 bits per heavy atom. The number of aliphatic hydroxyl groups is 1. The first kappa shape index (κ1) is 21.3. The SMILES string of the molecule is COC(=O)C(=CCC(C)O)c1ccc(Oc2ccc(OC(F)(F)F)cc2)cc1. The summed E-state index contributed by atoms with van der Waals surface area (Å²) in [7, 11) is 1.27. The molecule has 0 aromatic heterocycles. The monoisotopic (exact) mass is 396 g/mol. The van der Waals surface area contributed by atoms with Crippen molar-refractivity contribution in [3.8, 4) is 17.2 Å². The van der Waals surface area contributed by atoms with E-state index in [4.69, 9.17) is 9.47 Å². The molecule has 0 saturated heterocycles. The van der Waals surface area contributed by atoms with Gasteiger partial charge in [0.25, 0.3) is 0 Å². The molecule has 1 atom stereocenters. The molecular formula is C20H19F3O5. The number of carbonyl (C=O) groups excluding carboxylic acids is 1. The number of ether oxygens (including phenoxy) is 3. The Kier molecular flexibility index (Phi) is 7.06. The summed E-state index contributed by atoms with van der Waals surface area (Å²) < 4.78 is 50.6. The van der Waals surface area contributed by atoms with Gasteiger partial charge < -0.3 is 19.3 Å². The highest BCUT2D eigenvalue weighted by molar-refractivity contribution is 6.16. The molecular weight excluding hydrogens is 377 g/mol. The molecule has 28 heavy (non-hydrogen) atoms. The first-order chi connectivity index (χ1) is 13.2. The van der Waals surface area contributed by atoms with Crippen molar-refractivity contribution in [2.45, 2.75) is 25.8 Å². The van der Waals surface area contributed by atoms with Crippen LogP contribution in [-0.4, -0.2) is 30.7 Å². The maximum atomic E-state index is 12.2. The van der Waals surface area contributed by atoms with Crippen molar-refractivity contribution in [3.63, 3.8) is 0 Å². The second-order valence-corrected chi connectivity index (χ2v) is 5.84. The minimum absolute atomic E-state index is 0.287. The van der Waals surface area contributed by atoms with Gasteiger partial charge in [0, 0.05) is 0 Å². The molecule has 0 aliphatic heterocycles. The molecule has 1 N–H and O–H groups in total. The molecule has 0 aliphatic carbocycles. The van der Waals surface area contributed by atoms with Gasteiger partial charge in [0.15, 0.2) is 0 Å². The molecule has 0 heterocycles. The van der Waals surface area contributed by atoms with Gasteiger partial charge >= 0.3 is 12.3 Å². The average molecular weight is 396 g/mol. The molecule has 0 radical (unpaired) electrons. The van der Waals surface area contributed by atoms with Crippen LogP contribution in [0.15, 0.2) is 54.6 Å². The van der Waals surface area contributed by atoms with E-state index in [-0.39, 0.29) is 12.2 Å². The van der Waals surface area contributed by atoms with Crippen LogP contribution in [0.5, 0.6) is 17.2 Å². The summed E-state index contributed by atoms with van der Waals surface area (Å²) in [5, 5.41) is 9.40. The van der Waals surface area contributed by atoms with E-state index >= 15 is 0 Å². The second kappa shape index (κ2) is 9.27. The summed E-state index contributed by atoms with van der Waals surface area (Å²) >= 11 is 0. The first-order valence-electron chi connectivity index (χ1n) is 8.28. The summed E-state index contributed by atoms with van der Waals surface area (Å²) in [6, 6.07) is 11.5. The maximum absolute atomic E-state index is 12.2. The van der Waals surface area contributed by atoms with Crippen molar-refractivity contribution in [3.05, 3.63) is 60.2 Å². The Morgan fingerprint density at radius 3 is 2.00 bits per heavy atom. The van der Waals surface area contributed by atoms with Crippen LogP contribution in [0.25, 0.3) is 5.57 Å². The van der Waals surface area contributed by atoms with E-state index in [2.05, 4.69) is 4.74 Å². The summed E-state index contributed by atoms with van der Waals surface area (Å²) in [6.45, 7) is 1.60. The Morgan fingerprint density at radius 2 is 1.54 bits per heavy atom. The molecule has 150 valence electrons. The Bertz CT molecular complexity index is 809. The number of alkyl halides is 3. The lowest BCUT2D eigenvalue weighted by Gasteiger charge is -2.11. The third-order valence-corrected chi connectivity index (χ3v) is 3.53. The summed E-state index contributed by atoms with van der Waals surface area (Å²) in [5.74, 6) is -0.135. The minimum Gasteiger partial charge on any atom is -0.465 e. The highest BCUT2D eigenvalue weighted by atomic mass is 19.4. The number of rotatable bonds is 7. The van der Waals surface area contributed by atoms with E-state index in [0.717, 1.165) is 12.1 Å². The molecule has 0 fully saturated rings. The minimum atomic E-state index is -4.75. The van der Waals surface area contributed by atoms with Gasteiger partial charge in [-0.1, -0.05) is 18.2 Å². The van der Waals surface area contributed by atoms with E-state index in [0.29, 0.717) is 22.6 Å². The molecule has 0 saturated carbocycles. The molecule has 2 aromatic rings. The van der Waals surface area contributed by atoms with Crippen LogP contribution in [0.4, 0.5) is 13.2 Å². The zero-order chi connectivity index (χ0) is 20.7. The Hall–Kier alpha value is -3.00. The molecule has 0 spiro atoms. The number of benzene rings is 2. The fraction of sp³-hybridized carbons (Fsp3) is 0.250. The zero-order valence-electron chi connectivity index (χ0n) is 15.2. The van der Waals surface area contributed by atoms with Crippen LogP contribution in [0, 0.1) is 0 Å². The van der Waals surface area contributed by atoms with Gasteiger partial charge in [-0.3, -0.25) is 0 Å². The number of halogens is 3. The fourth-order valence-corrected chi connectivity index (χ4v) is 2.27. The van der Waals surface area contributed by atoms with E-state index in [1.54, 1.807) is 37.3 Å². The fourth-order valence-electron chi connectivity index (χ4n) is 2.27. The molecule has 0 amide bonds. The van der Waals surface area contributed by atoms with Crippen molar-refractivity contribution in [2.75, 3.05) is 7.11 Å². The standard InChI is InChI=1S/C20H19F3O5/c1-13(24)3-12-18(19(25)26-2)14-4-6-15(7-5-14)27-16-8-10-17(11-9-16)28-20(21,22)23/h4-13,24H,3H2,1-2H3. The van der Waals surface area contributed by atoms with Crippen LogP contribution in [0.3, 0.4) is 0 Å². The van der Waals surface area contributed by atoms with Crippen LogP contribution >= 0.6 is 0 Å². The van der Waals surface area contributed by atoms with Crippen molar-refractivity contribution in [1.82, 2.24) is 0 Å². The predicted octanol–water partition coefficient (Wildman–Crippen LogP) is 4.70. The van der Waals surface area contributed by atoms with E-state index in [9.17, 15) is 23.1 Å². The van der Waals surface area contributed by atoms with Crippen LogP contribution in [0.1, 0.15) is 18.9 Å². The average Bonchev–Trinajstić information content (AvgIpc) is 2.63. The van der Waals surface area contributed by atoms with Gasteiger partial charge in [-0.25, -0.2) is 4.79 Å². The maximum Gasteiger partial charge on any atom is 0.573 e. The van der Waals surface area contributed by atoms with Crippen molar-refractivity contribution >= 4 is 11.5 Å². The topological polar surface area (TPSA) is 65.0 Å². The third-order valence-electron chi connectivity index (χ3n) is 3.53. The largest absolute Gasteiger partial charge is 0.573 e. The summed E-state index contributed by atoms with van der Waals surface area (Å²) in [6.07, 6.45) is -3.48. The van der Waals surface area contributed by atoms with Gasteiger partial charge in [-0.2, -0.15) is 0 Å². The van der Waals surface area contributed by atoms with Crippen LogP contribution in [0.2, 0.25) is 0 Å². The molecule has 0 aliphatic rings. The molecule has 2 rings (SSSR count). The first-order valence-corrected chi connectivity index (χ1v) is 8.28. The number of methoxy groups -OCH3 is 1. The second-order valence-electron chi connectivity index (χ2n) is 5.84. The van der Waals surface area contributed by atoms with Gasteiger partial charge in [-0.15, -0.1) is 13.2 Å². The van der Waals surface area contributed by atoms with E-state index < -0.39 is 18.4 Å². The van der Waals surface area contributed by atoms with Gasteiger partial charge in [0.1, 0.15) is 17.2 Å². The summed E-state index contributed by atoms with van der Waals surface area (Å²) in [5.41, 5.74) is 0.886. The van der Waals surface area contributed by atoms with E-state index in [1.165, 1.54) is 19.2 Å². The number of hydrogen-bond acceptors (Lipinski definition) is 5. The Labute approximate surface area is 160 Å².